The minimum Gasteiger partial charge on any atom is -0.383 e. The van der Waals surface area contributed by atoms with Crippen LogP contribution in [0.4, 0.5) is 11.6 Å². The summed E-state index contributed by atoms with van der Waals surface area (Å²) in [5.41, 5.74) is 6.86. The molecule has 1 aromatic heterocycles. The van der Waals surface area contributed by atoms with Gasteiger partial charge in [0.25, 0.3) is 0 Å². The van der Waals surface area contributed by atoms with Crippen LogP contribution in [0.3, 0.4) is 0 Å². The third kappa shape index (κ3) is 2.47. The van der Waals surface area contributed by atoms with Crippen molar-refractivity contribution in [2.45, 2.75) is 32.1 Å². The largest absolute Gasteiger partial charge is 0.383 e. The van der Waals surface area contributed by atoms with Gasteiger partial charge in [0.15, 0.2) is 0 Å². The van der Waals surface area contributed by atoms with Crippen molar-refractivity contribution in [3.8, 4) is 0 Å². The van der Waals surface area contributed by atoms with Gasteiger partial charge in [0.1, 0.15) is 17.5 Å². The highest BCUT2D eigenvalue weighted by Gasteiger charge is 2.29. The van der Waals surface area contributed by atoms with Gasteiger partial charge in [0.2, 0.25) is 5.91 Å². The van der Waals surface area contributed by atoms with Crippen LogP contribution in [0.5, 0.6) is 0 Å². The second-order valence-corrected chi connectivity index (χ2v) is 5.31. The van der Waals surface area contributed by atoms with E-state index in [1.165, 1.54) is 0 Å². The van der Waals surface area contributed by atoms with Crippen LogP contribution in [0.1, 0.15) is 36.6 Å². The number of nitrogens with zero attached hydrogens (tertiary/aromatic N) is 3. The number of hydrogen-bond donors (Lipinski definition) is 2. The van der Waals surface area contributed by atoms with Gasteiger partial charge in [-0.15, -0.1) is 0 Å². The number of nitrogens with two attached hydrogens (primary N) is 1. The highest BCUT2D eigenvalue weighted by molar-refractivity contribution is 5.82. The van der Waals surface area contributed by atoms with Crippen LogP contribution in [0.15, 0.2) is 0 Å². The molecule has 0 bridgehead atoms. The smallest absolute Gasteiger partial charge is 0.239 e. The van der Waals surface area contributed by atoms with Gasteiger partial charge in [0.05, 0.1) is 6.54 Å². The Hall–Kier alpha value is -1.85. The van der Waals surface area contributed by atoms with E-state index >= 15 is 0 Å². The number of nitrogens with one attached hydrogen (secondary N) is 1. The number of carbonyl (C=O) groups excluding carboxylic acids is 1. The topological polar surface area (TPSA) is 84.1 Å². The predicted octanol–water partition coefficient (Wildman–Crippen LogP) is 0.571. The van der Waals surface area contributed by atoms with Crippen LogP contribution in [0, 0.1) is 6.92 Å². The van der Waals surface area contributed by atoms with Gasteiger partial charge in [-0.25, -0.2) is 9.97 Å². The van der Waals surface area contributed by atoms with Crippen LogP contribution in [-0.4, -0.2) is 35.5 Å². The molecule has 1 aliphatic heterocycles. The molecule has 19 heavy (non-hydrogen) atoms. The van der Waals surface area contributed by atoms with Gasteiger partial charge in [0, 0.05) is 24.6 Å². The molecule has 2 aliphatic rings. The van der Waals surface area contributed by atoms with E-state index in [1.54, 1.807) is 0 Å². The first kappa shape index (κ1) is 12.2. The van der Waals surface area contributed by atoms with Crippen LogP contribution in [0.25, 0.3) is 0 Å². The molecule has 2 heterocycles. The fourth-order valence-corrected chi connectivity index (χ4v) is 2.36. The summed E-state index contributed by atoms with van der Waals surface area (Å²) in [6.07, 6.45) is 3.21. The first-order valence-electron chi connectivity index (χ1n) is 6.81. The van der Waals surface area contributed by atoms with Crippen LogP contribution in [-0.2, 0) is 4.79 Å². The van der Waals surface area contributed by atoms with Crippen molar-refractivity contribution in [2.75, 3.05) is 30.3 Å². The van der Waals surface area contributed by atoms with Crippen molar-refractivity contribution in [3.05, 3.63) is 11.4 Å². The summed E-state index contributed by atoms with van der Waals surface area (Å²) in [6, 6.07) is 0. The molecule has 1 saturated heterocycles. The molecule has 2 fully saturated rings. The Balaban J connectivity index is 1.95. The van der Waals surface area contributed by atoms with E-state index in [-0.39, 0.29) is 5.91 Å². The Kier molecular flexibility index (Phi) is 3.00. The molecule has 6 heteroatoms. The first-order chi connectivity index (χ1) is 9.15. The van der Waals surface area contributed by atoms with E-state index in [0.717, 1.165) is 49.6 Å². The molecule has 0 atom stereocenters. The highest BCUT2D eigenvalue weighted by atomic mass is 16.2. The van der Waals surface area contributed by atoms with Crippen molar-refractivity contribution >= 4 is 17.5 Å². The van der Waals surface area contributed by atoms with Gasteiger partial charge in [-0.1, -0.05) is 0 Å². The summed E-state index contributed by atoms with van der Waals surface area (Å²) in [7, 11) is 0. The van der Waals surface area contributed by atoms with Crippen LogP contribution in [0.2, 0.25) is 0 Å². The van der Waals surface area contributed by atoms with E-state index in [9.17, 15) is 4.79 Å². The maximum Gasteiger partial charge on any atom is 0.239 e. The Morgan fingerprint density at radius 3 is 2.89 bits per heavy atom. The van der Waals surface area contributed by atoms with Crippen molar-refractivity contribution in [3.63, 3.8) is 0 Å². The van der Waals surface area contributed by atoms with Gasteiger partial charge in [-0.05, 0) is 26.2 Å². The van der Waals surface area contributed by atoms with Gasteiger partial charge in [-0.2, -0.15) is 0 Å². The number of rotatable bonds is 2. The van der Waals surface area contributed by atoms with E-state index in [1.807, 2.05) is 11.8 Å². The third-order valence-electron chi connectivity index (χ3n) is 3.68. The molecular weight excluding hydrogens is 242 g/mol. The number of nitrogen functional groups attached to an aromatic ring is 1. The average Bonchev–Trinajstić information content (AvgIpc) is 3.19. The lowest BCUT2D eigenvalue weighted by atomic mass is 10.2. The first-order valence-corrected chi connectivity index (χ1v) is 6.81. The maximum absolute atomic E-state index is 11.7. The lowest BCUT2D eigenvalue weighted by Gasteiger charge is -2.23. The minimum atomic E-state index is 0.0436. The number of hydrogen-bond acceptors (Lipinski definition) is 5. The molecule has 0 spiro atoms. The predicted molar refractivity (Wildman–Crippen MR) is 73.0 cm³/mol. The fourth-order valence-electron chi connectivity index (χ4n) is 2.36. The van der Waals surface area contributed by atoms with E-state index in [4.69, 9.17) is 5.73 Å². The van der Waals surface area contributed by atoms with Crippen molar-refractivity contribution in [1.29, 1.82) is 0 Å². The molecule has 3 N–H and O–H groups in total. The molecule has 3 rings (SSSR count). The summed E-state index contributed by atoms with van der Waals surface area (Å²) in [6.45, 7) is 3.82. The second kappa shape index (κ2) is 4.68. The Morgan fingerprint density at radius 2 is 2.16 bits per heavy atom. The van der Waals surface area contributed by atoms with E-state index < -0.39 is 0 Å². The fraction of sp³-hybridized carbons (Fsp3) is 0.615. The van der Waals surface area contributed by atoms with Crippen molar-refractivity contribution in [1.82, 2.24) is 15.3 Å². The quantitative estimate of drug-likeness (QED) is 0.813. The highest BCUT2D eigenvalue weighted by Crippen LogP contribution is 2.39. The number of anilines is 2. The molecular formula is C13H19N5O. The lowest BCUT2D eigenvalue weighted by Crippen LogP contribution is -2.34. The standard InChI is InChI=1S/C13H19N5O/c1-8-11(14)16-12(9-3-4-9)17-13(8)18-6-2-5-15-10(19)7-18/h9H,2-7H2,1H3,(H,15,19)(H2,14,16,17). The molecule has 102 valence electrons. The number of aromatic nitrogens is 2. The molecule has 1 aromatic rings. The summed E-state index contributed by atoms with van der Waals surface area (Å²) < 4.78 is 0. The SMILES string of the molecule is Cc1c(N)nc(C2CC2)nc1N1CCCNC(=O)C1. The number of amides is 1. The summed E-state index contributed by atoms with van der Waals surface area (Å²) in [5.74, 6) is 2.70. The molecule has 6 nitrogen and oxygen atoms in total. The normalized spacial score (nSPS) is 20.1. The Bertz CT molecular complexity index is 512. The van der Waals surface area contributed by atoms with Gasteiger partial charge in [-0.3, -0.25) is 4.79 Å². The zero-order valence-corrected chi connectivity index (χ0v) is 11.1. The molecule has 1 aliphatic carbocycles. The minimum absolute atomic E-state index is 0.0436. The Morgan fingerprint density at radius 1 is 1.37 bits per heavy atom. The summed E-state index contributed by atoms with van der Waals surface area (Å²) >= 11 is 0. The molecule has 1 amide bonds. The number of carbonyl (C=O) groups is 1. The van der Waals surface area contributed by atoms with E-state index in [2.05, 4.69) is 15.3 Å². The summed E-state index contributed by atoms with van der Waals surface area (Å²) in [5, 5.41) is 2.87. The van der Waals surface area contributed by atoms with Crippen molar-refractivity contribution < 1.29 is 4.79 Å². The second-order valence-electron chi connectivity index (χ2n) is 5.31. The average molecular weight is 261 g/mol. The van der Waals surface area contributed by atoms with Crippen LogP contribution >= 0.6 is 0 Å². The molecule has 1 saturated carbocycles. The lowest BCUT2D eigenvalue weighted by molar-refractivity contribution is -0.119. The summed E-state index contributed by atoms with van der Waals surface area (Å²) in [4.78, 5) is 22.7. The zero-order valence-electron chi connectivity index (χ0n) is 11.1. The maximum atomic E-state index is 11.7. The monoisotopic (exact) mass is 261 g/mol. The van der Waals surface area contributed by atoms with Crippen molar-refractivity contribution in [2.24, 2.45) is 0 Å². The molecule has 0 aromatic carbocycles. The zero-order chi connectivity index (χ0) is 13.4. The molecule has 0 unspecified atom stereocenters. The Labute approximate surface area is 112 Å². The van der Waals surface area contributed by atoms with E-state index in [0.29, 0.717) is 18.3 Å². The molecule has 0 radical (unpaired) electrons. The third-order valence-corrected chi connectivity index (χ3v) is 3.68. The van der Waals surface area contributed by atoms with Gasteiger partial charge < -0.3 is 16.0 Å². The van der Waals surface area contributed by atoms with Gasteiger partial charge >= 0.3 is 0 Å². The van der Waals surface area contributed by atoms with Crippen LogP contribution < -0.4 is 16.0 Å².